The summed E-state index contributed by atoms with van der Waals surface area (Å²) in [7, 11) is 0. The Balaban J connectivity index is 2.41. The molecule has 1 N–H and O–H groups in total. The van der Waals surface area contributed by atoms with Gasteiger partial charge >= 0.3 is 12.6 Å². The number of ether oxygens (including phenoxy) is 2. The van der Waals surface area contributed by atoms with Crippen molar-refractivity contribution in [3.63, 3.8) is 0 Å². The monoisotopic (exact) mass is 343 g/mol. The number of rotatable bonds is 8. The number of hydrogen-bond acceptors (Lipinski definition) is 5. The number of esters is 1. The number of carbonyl (C=O) groups excluding carboxylic acids is 3. The van der Waals surface area contributed by atoms with Gasteiger partial charge in [0.15, 0.2) is 6.61 Å². The number of carbonyl (C=O) groups is 3. The van der Waals surface area contributed by atoms with Crippen LogP contribution in [-0.2, 0) is 14.3 Å². The van der Waals surface area contributed by atoms with Gasteiger partial charge in [0, 0.05) is 12.0 Å². The Morgan fingerprint density at radius 2 is 1.75 bits per heavy atom. The summed E-state index contributed by atoms with van der Waals surface area (Å²) < 4.78 is 32.9. The van der Waals surface area contributed by atoms with E-state index in [9.17, 15) is 23.2 Å². The number of imide groups is 1. The summed E-state index contributed by atoms with van der Waals surface area (Å²) in [5, 5.41) is 2.03. The molecule has 0 atom stereocenters. The molecule has 0 saturated heterocycles. The largest absolute Gasteiger partial charge is 0.456 e. The van der Waals surface area contributed by atoms with E-state index in [0.29, 0.717) is 12.3 Å². The predicted molar refractivity (Wildman–Crippen MR) is 80.6 cm³/mol. The van der Waals surface area contributed by atoms with Crippen molar-refractivity contribution >= 4 is 17.8 Å². The Hall–Kier alpha value is -2.51. The second-order valence-corrected chi connectivity index (χ2v) is 5.37. The summed E-state index contributed by atoms with van der Waals surface area (Å²) in [4.78, 5) is 34.7. The number of benzene rings is 1. The van der Waals surface area contributed by atoms with Crippen LogP contribution in [-0.4, -0.2) is 31.0 Å². The van der Waals surface area contributed by atoms with Crippen molar-refractivity contribution < 1.29 is 32.6 Å². The first-order chi connectivity index (χ1) is 11.3. The molecule has 0 unspecified atom stereocenters. The van der Waals surface area contributed by atoms with E-state index >= 15 is 0 Å². The fourth-order valence-corrected chi connectivity index (χ4v) is 1.65. The fraction of sp³-hybridized carbons (Fsp3) is 0.438. The lowest BCUT2D eigenvalue weighted by molar-refractivity contribution is -0.148. The average Bonchev–Trinajstić information content (AvgIpc) is 2.51. The van der Waals surface area contributed by atoms with Crippen LogP contribution in [0.4, 0.5) is 8.78 Å². The van der Waals surface area contributed by atoms with Crippen LogP contribution >= 0.6 is 0 Å². The molecule has 1 aromatic rings. The molecule has 0 aliphatic carbocycles. The second kappa shape index (κ2) is 9.59. The maximum Gasteiger partial charge on any atom is 0.387 e. The quantitative estimate of drug-likeness (QED) is 0.734. The van der Waals surface area contributed by atoms with Gasteiger partial charge in [-0.2, -0.15) is 8.78 Å². The van der Waals surface area contributed by atoms with Gasteiger partial charge in [-0.3, -0.25) is 19.7 Å². The summed E-state index contributed by atoms with van der Waals surface area (Å²) in [5.74, 6) is -1.79. The molecular formula is C16H19F2NO5. The Kier molecular flexibility index (Phi) is 7.81. The van der Waals surface area contributed by atoms with Crippen LogP contribution in [0.15, 0.2) is 24.3 Å². The van der Waals surface area contributed by atoms with E-state index < -0.39 is 31.0 Å². The van der Waals surface area contributed by atoms with Gasteiger partial charge in [-0.25, -0.2) is 0 Å². The van der Waals surface area contributed by atoms with Crippen molar-refractivity contribution in [1.82, 2.24) is 5.32 Å². The van der Waals surface area contributed by atoms with Gasteiger partial charge < -0.3 is 9.47 Å². The van der Waals surface area contributed by atoms with Gasteiger partial charge in [0.05, 0.1) is 0 Å². The zero-order valence-electron chi connectivity index (χ0n) is 13.4. The minimum atomic E-state index is -2.96. The predicted octanol–water partition coefficient (Wildman–Crippen LogP) is 2.52. The lowest BCUT2D eigenvalue weighted by Gasteiger charge is -2.08. The lowest BCUT2D eigenvalue weighted by Crippen LogP contribution is -2.34. The number of nitrogens with one attached hydrogen (secondary N) is 1. The number of hydrogen-bond donors (Lipinski definition) is 1. The van der Waals surface area contributed by atoms with Crippen LogP contribution in [0.1, 0.15) is 37.0 Å². The van der Waals surface area contributed by atoms with Crippen LogP contribution in [0.25, 0.3) is 0 Å². The van der Waals surface area contributed by atoms with Gasteiger partial charge in [0.1, 0.15) is 5.75 Å². The maximum absolute atomic E-state index is 12.0. The normalized spacial score (nSPS) is 10.6. The van der Waals surface area contributed by atoms with E-state index in [1.807, 2.05) is 19.2 Å². The fourth-order valence-electron chi connectivity index (χ4n) is 1.65. The first-order valence-electron chi connectivity index (χ1n) is 7.32. The molecule has 1 rings (SSSR count). The second-order valence-electron chi connectivity index (χ2n) is 5.37. The summed E-state index contributed by atoms with van der Waals surface area (Å²) in [6.45, 7) is 0.388. The molecule has 0 aromatic heterocycles. The summed E-state index contributed by atoms with van der Waals surface area (Å²) in [5.41, 5.74) is 0.0797. The van der Waals surface area contributed by atoms with E-state index in [1.54, 1.807) is 0 Å². The molecule has 6 nitrogen and oxygen atoms in total. The minimum Gasteiger partial charge on any atom is -0.456 e. The van der Waals surface area contributed by atoms with Crippen molar-refractivity contribution in [2.24, 2.45) is 5.92 Å². The highest BCUT2D eigenvalue weighted by Crippen LogP contribution is 2.14. The molecule has 0 spiro atoms. The topological polar surface area (TPSA) is 81.7 Å². The maximum atomic E-state index is 12.0. The van der Waals surface area contributed by atoms with E-state index in [1.165, 1.54) is 24.3 Å². The smallest absolute Gasteiger partial charge is 0.387 e. The Morgan fingerprint density at radius 3 is 2.29 bits per heavy atom. The molecule has 0 fully saturated rings. The number of alkyl halides is 2. The Morgan fingerprint density at radius 1 is 1.12 bits per heavy atom. The third-order valence-electron chi connectivity index (χ3n) is 2.88. The molecule has 0 aliphatic rings. The zero-order valence-corrected chi connectivity index (χ0v) is 13.4. The standard InChI is InChI=1S/C16H19F2NO5/c1-10(2)3-8-14(21)23-9-13(20)19-15(22)11-4-6-12(7-5-11)24-16(17)18/h4-7,10,16H,3,8-9H2,1-2H3,(H,19,20,22). The molecule has 0 saturated carbocycles. The van der Waals surface area contributed by atoms with Gasteiger partial charge in [-0.15, -0.1) is 0 Å². The van der Waals surface area contributed by atoms with Crippen molar-refractivity contribution in [3.05, 3.63) is 29.8 Å². The molecular weight excluding hydrogens is 324 g/mol. The summed E-state index contributed by atoms with van der Waals surface area (Å²) in [6, 6.07) is 4.82. The van der Waals surface area contributed by atoms with E-state index in [0.717, 1.165) is 0 Å². The Labute approximate surface area is 138 Å². The van der Waals surface area contributed by atoms with E-state index in [2.05, 4.69) is 4.74 Å². The van der Waals surface area contributed by atoms with Crippen molar-refractivity contribution in [2.75, 3.05) is 6.61 Å². The molecule has 0 radical (unpaired) electrons. The van der Waals surface area contributed by atoms with Crippen molar-refractivity contribution in [3.8, 4) is 5.75 Å². The first kappa shape index (κ1) is 19.5. The third-order valence-corrected chi connectivity index (χ3v) is 2.88. The summed E-state index contributed by atoms with van der Waals surface area (Å²) in [6.07, 6.45) is 0.844. The van der Waals surface area contributed by atoms with Crippen LogP contribution in [0.2, 0.25) is 0 Å². The average molecular weight is 343 g/mol. The van der Waals surface area contributed by atoms with Gasteiger partial charge in [0.25, 0.3) is 11.8 Å². The SMILES string of the molecule is CC(C)CCC(=O)OCC(=O)NC(=O)c1ccc(OC(F)F)cc1. The molecule has 0 aliphatic heterocycles. The van der Waals surface area contributed by atoms with Crippen LogP contribution in [0.5, 0.6) is 5.75 Å². The molecule has 1 aromatic carbocycles. The molecule has 0 bridgehead atoms. The minimum absolute atomic E-state index is 0.0797. The van der Waals surface area contributed by atoms with Crippen molar-refractivity contribution in [2.45, 2.75) is 33.3 Å². The van der Waals surface area contributed by atoms with Crippen molar-refractivity contribution in [1.29, 1.82) is 0 Å². The highest BCUT2D eigenvalue weighted by molar-refractivity contribution is 6.05. The van der Waals surface area contributed by atoms with Gasteiger partial charge in [-0.1, -0.05) is 13.8 Å². The van der Waals surface area contributed by atoms with Crippen LogP contribution in [0, 0.1) is 5.92 Å². The number of halogens is 2. The molecule has 132 valence electrons. The van der Waals surface area contributed by atoms with E-state index in [-0.39, 0.29) is 17.7 Å². The summed E-state index contributed by atoms with van der Waals surface area (Å²) >= 11 is 0. The van der Waals surface area contributed by atoms with Gasteiger partial charge in [-0.05, 0) is 36.6 Å². The van der Waals surface area contributed by atoms with Crippen LogP contribution in [0.3, 0.4) is 0 Å². The number of amides is 2. The first-order valence-corrected chi connectivity index (χ1v) is 7.32. The lowest BCUT2D eigenvalue weighted by atomic mass is 10.1. The highest BCUT2D eigenvalue weighted by atomic mass is 19.3. The molecule has 0 heterocycles. The van der Waals surface area contributed by atoms with E-state index in [4.69, 9.17) is 4.74 Å². The molecule has 8 heteroatoms. The highest BCUT2D eigenvalue weighted by Gasteiger charge is 2.13. The van der Waals surface area contributed by atoms with Gasteiger partial charge in [0.2, 0.25) is 0 Å². The zero-order chi connectivity index (χ0) is 18.1. The molecule has 24 heavy (non-hydrogen) atoms. The molecule has 2 amide bonds. The van der Waals surface area contributed by atoms with Crippen LogP contribution < -0.4 is 10.1 Å². The Bertz CT molecular complexity index is 572. The third kappa shape index (κ3) is 7.66.